The molecule has 0 spiro atoms. The van der Waals surface area contributed by atoms with E-state index < -0.39 is 0 Å². The Morgan fingerprint density at radius 3 is 2.69 bits per heavy atom. The van der Waals surface area contributed by atoms with Crippen LogP contribution in [-0.4, -0.2) is 37.0 Å². The molecule has 0 saturated carbocycles. The molecule has 1 atom stereocenters. The van der Waals surface area contributed by atoms with Crippen molar-refractivity contribution in [1.82, 2.24) is 0 Å². The zero-order valence-electron chi connectivity index (χ0n) is 10.4. The van der Waals surface area contributed by atoms with Crippen molar-refractivity contribution < 1.29 is 19.4 Å². The van der Waals surface area contributed by atoms with Crippen LogP contribution in [0, 0.1) is 0 Å². The number of aliphatic hydroxyl groups is 1. The largest absolute Gasteiger partial charge is 0.466 e. The highest BCUT2D eigenvalue weighted by Gasteiger charge is 2.07. The van der Waals surface area contributed by atoms with Crippen molar-refractivity contribution in [2.75, 3.05) is 19.8 Å². The van der Waals surface area contributed by atoms with Gasteiger partial charge in [-0.3, -0.25) is 4.79 Å². The first-order chi connectivity index (χ1) is 7.70. The van der Waals surface area contributed by atoms with Gasteiger partial charge in [-0.1, -0.05) is 13.3 Å². The zero-order chi connectivity index (χ0) is 12.2. The minimum atomic E-state index is -0.147. The van der Waals surface area contributed by atoms with E-state index in [0.29, 0.717) is 32.5 Å². The first kappa shape index (κ1) is 15.4. The number of esters is 1. The Kier molecular flexibility index (Phi) is 10.5. The monoisotopic (exact) mass is 232 g/mol. The van der Waals surface area contributed by atoms with Gasteiger partial charge in [0.15, 0.2) is 0 Å². The second-order valence-electron chi connectivity index (χ2n) is 3.87. The van der Waals surface area contributed by atoms with Crippen LogP contribution in [0.5, 0.6) is 0 Å². The molecular formula is C12H24O4. The van der Waals surface area contributed by atoms with E-state index in [2.05, 4.69) is 6.92 Å². The second kappa shape index (κ2) is 10.9. The Hall–Kier alpha value is -0.610. The lowest BCUT2D eigenvalue weighted by molar-refractivity contribution is -0.144. The average molecular weight is 232 g/mol. The summed E-state index contributed by atoms with van der Waals surface area (Å²) in [5, 5.41) is 8.56. The molecule has 0 aromatic rings. The van der Waals surface area contributed by atoms with E-state index >= 15 is 0 Å². The molecule has 16 heavy (non-hydrogen) atoms. The molecule has 96 valence electrons. The quantitative estimate of drug-likeness (QED) is 0.461. The first-order valence-electron chi connectivity index (χ1n) is 6.08. The Labute approximate surface area is 97.9 Å². The van der Waals surface area contributed by atoms with Gasteiger partial charge in [-0.25, -0.2) is 0 Å². The van der Waals surface area contributed by atoms with Gasteiger partial charge < -0.3 is 14.6 Å². The summed E-state index contributed by atoms with van der Waals surface area (Å²) in [5.74, 6) is -0.147. The van der Waals surface area contributed by atoms with Crippen LogP contribution in [0.2, 0.25) is 0 Å². The van der Waals surface area contributed by atoms with Crippen LogP contribution in [0.1, 0.15) is 46.0 Å². The van der Waals surface area contributed by atoms with Crippen LogP contribution in [0.25, 0.3) is 0 Å². The van der Waals surface area contributed by atoms with Gasteiger partial charge in [-0.2, -0.15) is 0 Å². The van der Waals surface area contributed by atoms with Crippen molar-refractivity contribution in [3.63, 3.8) is 0 Å². The molecule has 0 aromatic carbocycles. The topological polar surface area (TPSA) is 55.8 Å². The fourth-order valence-corrected chi connectivity index (χ4v) is 1.16. The van der Waals surface area contributed by atoms with Gasteiger partial charge in [0.1, 0.15) is 0 Å². The molecule has 0 aliphatic rings. The number of aliphatic hydroxyl groups excluding tert-OH is 1. The van der Waals surface area contributed by atoms with Crippen molar-refractivity contribution in [3.8, 4) is 0 Å². The van der Waals surface area contributed by atoms with Gasteiger partial charge in [0.05, 0.1) is 12.7 Å². The molecule has 0 bridgehead atoms. The van der Waals surface area contributed by atoms with E-state index in [1.807, 2.05) is 6.92 Å². The average Bonchev–Trinajstić information content (AvgIpc) is 2.27. The van der Waals surface area contributed by atoms with Gasteiger partial charge in [0.2, 0.25) is 0 Å². The number of hydrogen-bond donors (Lipinski definition) is 1. The molecule has 0 aromatic heterocycles. The normalized spacial score (nSPS) is 12.4. The number of carbonyl (C=O) groups is 1. The predicted octanol–water partition coefficient (Wildman–Crippen LogP) is 1.90. The maximum Gasteiger partial charge on any atom is 0.305 e. The first-order valence-corrected chi connectivity index (χ1v) is 6.08. The molecule has 0 rings (SSSR count). The SMILES string of the molecule is CCCCOC(=O)CCC(C)OCCCO. The molecule has 0 radical (unpaired) electrons. The maximum absolute atomic E-state index is 11.2. The summed E-state index contributed by atoms with van der Waals surface area (Å²) in [7, 11) is 0. The van der Waals surface area contributed by atoms with Crippen molar-refractivity contribution >= 4 is 5.97 Å². The highest BCUT2D eigenvalue weighted by atomic mass is 16.5. The zero-order valence-corrected chi connectivity index (χ0v) is 10.4. The minimum Gasteiger partial charge on any atom is -0.466 e. The highest BCUT2D eigenvalue weighted by molar-refractivity contribution is 5.69. The number of unbranched alkanes of at least 4 members (excludes halogenated alkanes) is 1. The number of ether oxygens (including phenoxy) is 2. The number of rotatable bonds is 10. The third kappa shape index (κ3) is 9.93. The summed E-state index contributed by atoms with van der Waals surface area (Å²) in [4.78, 5) is 11.2. The predicted molar refractivity (Wildman–Crippen MR) is 62.2 cm³/mol. The van der Waals surface area contributed by atoms with Crippen molar-refractivity contribution in [1.29, 1.82) is 0 Å². The summed E-state index contributed by atoms with van der Waals surface area (Å²) in [6.45, 7) is 5.20. The van der Waals surface area contributed by atoms with Crippen LogP contribution >= 0.6 is 0 Å². The molecule has 0 heterocycles. The van der Waals surface area contributed by atoms with Crippen LogP contribution in [-0.2, 0) is 14.3 Å². The Balaban J connectivity index is 3.36. The molecule has 0 saturated heterocycles. The van der Waals surface area contributed by atoms with Crippen LogP contribution in [0.15, 0.2) is 0 Å². The van der Waals surface area contributed by atoms with Gasteiger partial charge in [-0.15, -0.1) is 0 Å². The summed E-state index contributed by atoms with van der Waals surface area (Å²) < 4.78 is 10.4. The van der Waals surface area contributed by atoms with Crippen LogP contribution in [0.3, 0.4) is 0 Å². The van der Waals surface area contributed by atoms with Gasteiger partial charge in [0.25, 0.3) is 0 Å². The van der Waals surface area contributed by atoms with E-state index in [1.165, 1.54) is 0 Å². The van der Waals surface area contributed by atoms with E-state index in [0.717, 1.165) is 12.8 Å². The third-order valence-electron chi connectivity index (χ3n) is 2.22. The van der Waals surface area contributed by atoms with E-state index in [-0.39, 0.29) is 18.7 Å². The fraction of sp³-hybridized carbons (Fsp3) is 0.917. The molecule has 1 unspecified atom stereocenters. The fourth-order valence-electron chi connectivity index (χ4n) is 1.16. The lowest BCUT2D eigenvalue weighted by atomic mass is 10.2. The Morgan fingerprint density at radius 1 is 1.31 bits per heavy atom. The van der Waals surface area contributed by atoms with Crippen molar-refractivity contribution in [3.05, 3.63) is 0 Å². The van der Waals surface area contributed by atoms with Crippen molar-refractivity contribution in [2.24, 2.45) is 0 Å². The van der Waals surface area contributed by atoms with Crippen LogP contribution < -0.4 is 0 Å². The molecule has 1 N–H and O–H groups in total. The smallest absolute Gasteiger partial charge is 0.305 e. The molecule has 0 aliphatic heterocycles. The number of hydrogen-bond acceptors (Lipinski definition) is 4. The molecule has 0 fully saturated rings. The summed E-state index contributed by atoms with van der Waals surface area (Å²) >= 11 is 0. The summed E-state index contributed by atoms with van der Waals surface area (Å²) in [6.07, 6.45) is 3.73. The van der Waals surface area contributed by atoms with E-state index in [9.17, 15) is 4.79 Å². The van der Waals surface area contributed by atoms with Gasteiger partial charge in [-0.05, 0) is 26.2 Å². The van der Waals surface area contributed by atoms with Gasteiger partial charge >= 0.3 is 5.97 Å². The lowest BCUT2D eigenvalue weighted by Gasteiger charge is -2.12. The molecular weight excluding hydrogens is 208 g/mol. The molecule has 0 amide bonds. The van der Waals surface area contributed by atoms with E-state index in [4.69, 9.17) is 14.6 Å². The third-order valence-corrected chi connectivity index (χ3v) is 2.22. The summed E-state index contributed by atoms with van der Waals surface area (Å²) in [6, 6.07) is 0. The van der Waals surface area contributed by atoms with Crippen molar-refractivity contribution in [2.45, 2.75) is 52.1 Å². The second-order valence-corrected chi connectivity index (χ2v) is 3.87. The minimum absolute atomic E-state index is 0.0466. The molecule has 4 nitrogen and oxygen atoms in total. The highest BCUT2D eigenvalue weighted by Crippen LogP contribution is 2.04. The summed E-state index contributed by atoms with van der Waals surface area (Å²) in [5.41, 5.74) is 0. The lowest BCUT2D eigenvalue weighted by Crippen LogP contribution is -2.14. The van der Waals surface area contributed by atoms with Gasteiger partial charge in [0, 0.05) is 19.6 Å². The van der Waals surface area contributed by atoms with Crippen LogP contribution in [0.4, 0.5) is 0 Å². The van der Waals surface area contributed by atoms with E-state index in [1.54, 1.807) is 0 Å². The molecule has 0 aliphatic carbocycles. The number of carbonyl (C=O) groups excluding carboxylic acids is 1. The maximum atomic E-state index is 11.2. The molecule has 4 heteroatoms. The Bertz CT molecular complexity index is 170. The Morgan fingerprint density at radius 2 is 2.06 bits per heavy atom. The standard InChI is InChI=1S/C12H24O4/c1-3-4-9-16-12(14)7-6-11(2)15-10-5-8-13/h11,13H,3-10H2,1-2H3.